The van der Waals surface area contributed by atoms with Crippen molar-refractivity contribution in [3.8, 4) is 0 Å². The van der Waals surface area contributed by atoms with E-state index in [0.29, 0.717) is 6.04 Å². The summed E-state index contributed by atoms with van der Waals surface area (Å²) in [5, 5.41) is 8.16. The maximum atomic E-state index is 4.48. The summed E-state index contributed by atoms with van der Waals surface area (Å²) in [5.41, 5.74) is 3.92. The number of nitrogens with zero attached hydrogens (tertiary/aromatic N) is 2. The molecule has 1 atom stereocenters. The molecule has 0 saturated carbocycles. The molecular formula is C18H27N3. The lowest BCUT2D eigenvalue weighted by Crippen LogP contribution is -2.22. The van der Waals surface area contributed by atoms with Gasteiger partial charge in [0.05, 0.1) is 5.69 Å². The molecule has 0 bridgehead atoms. The third-order valence-electron chi connectivity index (χ3n) is 3.87. The van der Waals surface area contributed by atoms with Crippen LogP contribution < -0.4 is 5.32 Å². The lowest BCUT2D eigenvalue weighted by Gasteiger charge is -2.18. The molecule has 0 aliphatic rings. The summed E-state index contributed by atoms with van der Waals surface area (Å²) in [7, 11) is 2.00. The molecule has 3 heteroatoms. The molecule has 1 aromatic heterocycles. The van der Waals surface area contributed by atoms with Gasteiger partial charge in [-0.15, -0.1) is 0 Å². The van der Waals surface area contributed by atoms with Crippen LogP contribution in [0.25, 0.3) is 0 Å². The molecule has 2 aromatic rings. The van der Waals surface area contributed by atoms with Crippen molar-refractivity contribution in [2.45, 2.75) is 45.6 Å². The first-order valence-electron chi connectivity index (χ1n) is 7.98. The van der Waals surface area contributed by atoms with Gasteiger partial charge in [0.1, 0.15) is 0 Å². The Balaban J connectivity index is 1.95. The summed E-state index contributed by atoms with van der Waals surface area (Å²) in [6.07, 6.45) is 6.81. The van der Waals surface area contributed by atoms with Crippen LogP contribution in [0.15, 0.2) is 36.5 Å². The predicted molar refractivity (Wildman–Crippen MR) is 88.4 cm³/mol. The fourth-order valence-electron chi connectivity index (χ4n) is 2.80. The molecule has 0 aliphatic heterocycles. The molecule has 0 saturated heterocycles. The van der Waals surface area contributed by atoms with Crippen LogP contribution in [0.1, 0.15) is 49.0 Å². The highest BCUT2D eigenvalue weighted by molar-refractivity contribution is 5.20. The van der Waals surface area contributed by atoms with E-state index in [2.05, 4.69) is 60.8 Å². The van der Waals surface area contributed by atoms with Gasteiger partial charge in [-0.25, -0.2) is 0 Å². The zero-order valence-electron chi connectivity index (χ0n) is 13.5. The topological polar surface area (TPSA) is 29.9 Å². The van der Waals surface area contributed by atoms with Crippen LogP contribution in [-0.4, -0.2) is 16.3 Å². The van der Waals surface area contributed by atoms with Gasteiger partial charge in [-0.3, -0.25) is 4.68 Å². The number of rotatable bonds is 8. The summed E-state index contributed by atoms with van der Waals surface area (Å²) in [5.74, 6) is 0. The van der Waals surface area contributed by atoms with E-state index in [1.807, 2.05) is 11.7 Å². The van der Waals surface area contributed by atoms with E-state index < -0.39 is 0 Å². The number of aromatic nitrogens is 2. The Morgan fingerprint density at radius 3 is 2.62 bits per heavy atom. The quantitative estimate of drug-likeness (QED) is 0.799. The molecule has 2 rings (SSSR count). The summed E-state index contributed by atoms with van der Waals surface area (Å²) in [6.45, 7) is 5.38. The van der Waals surface area contributed by atoms with E-state index in [4.69, 9.17) is 0 Å². The Morgan fingerprint density at radius 2 is 2.00 bits per heavy atom. The van der Waals surface area contributed by atoms with Crippen molar-refractivity contribution in [1.82, 2.24) is 15.1 Å². The van der Waals surface area contributed by atoms with Crippen molar-refractivity contribution in [3.05, 3.63) is 53.3 Å². The summed E-state index contributed by atoms with van der Waals surface area (Å²) in [4.78, 5) is 0. The fraction of sp³-hybridized carbons (Fsp3) is 0.500. The van der Waals surface area contributed by atoms with Crippen molar-refractivity contribution < 1.29 is 0 Å². The maximum Gasteiger partial charge on any atom is 0.0641 e. The first kappa shape index (κ1) is 15.8. The zero-order chi connectivity index (χ0) is 15.1. The monoisotopic (exact) mass is 285 g/mol. The largest absolute Gasteiger partial charge is 0.310 e. The van der Waals surface area contributed by atoms with E-state index in [1.165, 1.54) is 17.5 Å². The van der Waals surface area contributed by atoms with Crippen LogP contribution in [0.2, 0.25) is 0 Å². The minimum atomic E-state index is 0.419. The van der Waals surface area contributed by atoms with Gasteiger partial charge in [0.25, 0.3) is 0 Å². The second-order valence-corrected chi connectivity index (χ2v) is 5.73. The summed E-state index contributed by atoms with van der Waals surface area (Å²) >= 11 is 0. The van der Waals surface area contributed by atoms with Gasteiger partial charge in [0.2, 0.25) is 0 Å². The van der Waals surface area contributed by atoms with Crippen molar-refractivity contribution >= 4 is 0 Å². The van der Waals surface area contributed by atoms with E-state index >= 15 is 0 Å². The van der Waals surface area contributed by atoms with Gasteiger partial charge in [0, 0.05) is 24.8 Å². The highest BCUT2D eigenvalue weighted by Gasteiger charge is 2.15. The lowest BCUT2D eigenvalue weighted by molar-refractivity contribution is 0.482. The molecule has 0 spiro atoms. The van der Waals surface area contributed by atoms with Crippen LogP contribution >= 0.6 is 0 Å². The number of benzene rings is 1. The summed E-state index contributed by atoms with van der Waals surface area (Å²) < 4.78 is 1.92. The van der Waals surface area contributed by atoms with Crippen LogP contribution in [0.3, 0.4) is 0 Å². The molecule has 1 aromatic carbocycles. The normalized spacial score (nSPS) is 12.5. The molecule has 0 amide bonds. The first-order chi connectivity index (χ1) is 10.2. The number of hydrogen-bond donors (Lipinski definition) is 1. The Labute approximate surface area is 128 Å². The molecule has 0 radical (unpaired) electrons. The Hall–Kier alpha value is -1.61. The van der Waals surface area contributed by atoms with Crippen LogP contribution in [-0.2, 0) is 13.5 Å². The molecule has 114 valence electrons. The van der Waals surface area contributed by atoms with Crippen molar-refractivity contribution in [3.63, 3.8) is 0 Å². The molecule has 21 heavy (non-hydrogen) atoms. The van der Waals surface area contributed by atoms with E-state index in [0.717, 1.165) is 31.5 Å². The van der Waals surface area contributed by atoms with Gasteiger partial charge < -0.3 is 5.32 Å². The lowest BCUT2D eigenvalue weighted by atomic mass is 9.99. The zero-order valence-corrected chi connectivity index (χ0v) is 13.5. The van der Waals surface area contributed by atoms with Crippen molar-refractivity contribution in [2.24, 2.45) is 7.05 Å². The van der Waals surface area contributed by atoms with Crippen LogP contribution in [0.5, 0.6) is 0 Å². The second-order valence-electron chi connectivity index (χ2n) is 5.73. The number of aryl methyl sites for hydroxylation is 3. The Kier molecular flexibility index (Phi) is 6.00. The minimum Gasteiger partial charge on any atom is -0.310 e. The second kappa shape index (κ2) is 7.99. The number of nitrogens with one attached hydrogen (secondary N) is 1. The van der Waals surface area contributed by atoms with Gasteiger partial charge >= 0.3 is 0 Å². The molecule has 0 fully saturated rings. The predicted octanol–water partition coefficient (Wildman–Crippen LogP) is 3.79. The number of hydrogen-bond acceptors (Lipinski definition) is 2. The highest BCUT2D eigenvalue weighted by Crippen LogP contribution is 2.22. The SMILES string of the molecule is CCCNC(CCCc1ccccc1)c1cn(C)nc1C. The van der Waals surface area contributed by atoms with Crippen LogP contribution in [0.4, 0.5) is 0 Å². The van der Waals surface area contributed by atoms with Crippen LogP contribution in [0, 0.1) is 6.92 Å². The molecular weight excluding hydrogens is 258 g/mol. The van der Waals surface area contributed by atoms with Gasteiger partial charge in [0.15, 0.2) is 0 Å². The summed E-state index contributed by atoms with van der Waals surface area (Å²) in [6, 6.07) is 11.2. The first-order valence-corrected chi connectivity index (χ1v) is 7.98. The van der Waals surface area contributed by atoms with E-state index in [1.54, 1.807) is 0 Å². The average Bonchev–Trinajstić information content (AvgIpc) is 2.82. The van der Waals surface area contributed by atoms with Gasteiger partial charge in [-0.2, -0.15) is 5.10 Å². The van der Waals surface area contributed by atoms with Crippen molar-refractivity contribution in [2.75, 3.05) is 6.54 Å². The molecule has 1 N–H and O–H groups in total. The van der Waals surface area contributed by atoms with Crippen molar-refractivity contribution in [1.29, 1.82) is 0 Å². The Bertz CT molecular complexity index is 531. The average molecular weight is 285 g/mol. The molecule has 1 unspecified atom stereocenters. The maximum absolute atomic E-state index is 4.48. The van der Waals surface area contributed by atoms with E-state index in [-0.39, 0.29) is 0 Å². The Morgan fingerprint density at radius 1 is 1.24 bits per heavy atom. The van der Waals surface area contributed by atoms with E-state index in [9.17, 15) is 0 Å². The fourth-order valence-corrected chi connectivity index (χ4v) is 2.80. The minimum absolute atomic E-state index is 0.419. The molecule has 3 nitrogen and oxygen atoms in total. The molecule has 1 heterocycles. The third-order valence-corrected chi connectivity index (χ3v) is 3.87. The standard InChI is InChI=1S/C18H27N3/c1-4-13-19-18(17-14-21(3)20-15(17)2)12-8-11-16-9-6-5-7-10-16/h5-7,9-10,14,18-19H,4,8,11-13H2,1-3H3. The smallest absolute Gasteiger partial charge is 0.0641 e. The van der Waals surface area contributed by atoms with Gasteiger partial charge in [-0.1, -0.05) is 37.3 Å². The van der Waals surface area contributed by atoms with Gasteiger partial charge in [-0.05, 0) is 44.7 Å². The third kappa shape index (κ3) is 4.71. The highest BCUT2D eigenvalue weighted by atomic mass is 15.3. The molecule has 0 aliphatic carbocycles.